The van der Waals surface area contributed by atoms with Crippen molar-refractivity contribution in [3.05, 3.63) is 35.4 Å². The molecule has 3 amide bonds. The van der Waals surface area contributed by atoms with Gasteiger partial charge in [0.05, 0.1) is 12.7 Å². The van der Waals surface area contributed by atoms with E-state index in [4.69, 9.17) is 5.84 Å². The van der Waals surface area contributed by atoms with Gasteiger partial charge in [0.2, 0.25) is 0 Å². The molecule has 1 aliphatic rings. The molecule has 1 aromatic carbocycles. The van der Waals surface area contributed by atoms with Crippen LogP contribution >= 0.6 is 0 Å². The Morgan fingerprint density at radius 2 is 1.95 bits per heavy atom. The summed E-state index contributed by atoms with van der Waals surface area (Å²) in [6, 6.07) is 6.30. The van der Waals surface area contributed by atoms with Gasteiger partial charge in [-0.15, -0.1) is 0 Å². The number of aryl methyl sites for hydroxylation is 1. The van der Waals surface area contributed by atoms with Gasteiger partial charge in [-0.05, 0) is 37.5 Å². The van der Waals surface area contributed by atoms with Crippen LogP contribution < -0.4 is 11.2 Å². The first-order chi connectivity index (χ1) is 9.87. The molecule has 1 aliphatic heterocycles. The highest BCUT2D eigenvalue weighted by atomic mass is 16.5. The molecule has 7 nitrogen and oxygen atoms in total. The summed E-state index contributed by atoms with van der Waals surface area (Å²) in [5.74, 6) is 4.51. The number of methoxy groups -OCH3 is 1. The Kier molecular flexibility index (Phi) is 3.95. The van der Waals surface area contributed by atoms with Crippen LogP contribution in [-0.4, -0.2) is 35.6 Å². The van der Waals surface area contributed by atoms with Gasteiger partial charge in [-0.2, -0.15) is 5.01 Å². The van der Waals surface area contributed by atoms with Crippen molar-refractivity contribution in [3.63, 3.8) is 0 Å². The second-order valence-electron chi connectivity index (χ2n) is 5.13. The van der Waals surface area contributed by atoms with Crippen LogP contribution in [0.4, 0.5) is 4.79 Å². The minimum absolute atomic E-state index is 0.398. The molecule has 112 valence electrons. The van der Waals surface area contributed by atoms with E-state index in [1.165, 1.54) is 7.11 Å². The average molecular weight is 291 g/mol. The highest BCUT2D eigenvalue weighted by molar-refractivity contribution is 6.06. The summed E-state index contributed by atoms with van der Waals surface area (Å²) in [7, 11) is 1.32. The maximum atomic E-state index is 11.9. The Bertz CT molecular complexity index is 584. The molecule has 1 heterocycles. The van der Waals surface area contributed by atoms with Crippen molar-refractivity contribution in [2.24, 2.45) is 5.84 Å². The van der Waals surface area contributed by atoms with Gasteiger partial charge in [0, 0.05) is 0 Å². The topological polar surface area (TPSA) is 102 Å². The number of carbonyl (C=O) groups is 3. The molecule has 21 heavy (non-hydrogen) atoms. The lowest BCUT2D eigenvalue weighted by molar-refractivity contribution is -0.131. The van der Waals surface area contributed by atoms with E-state index in [2.05, 4.69) is 10.1 Å². The number of imide groups is 1. The van der Waals surface area contributed by atoms with Crippen LogP contribution in [0.25, 0.3) is 0 Å². The highest BCUT2D eigenvalue weighted by Crippen LogP contribution is 2.21. The summed E-state index contributed by atoms with van der Waals surface area (Å²) in [4.78, 5) is 34.6. The highest BCUT2D eigenvalue weighted by Gasteiger charge is 2.46. The van der Waals surface area contributed by atoms with Gasteiger partial charge >= 0.3 is 12.0 Å². The first kappa shape index (κ1) is 15.0. The number of hydrogen-bond donors (Lipinski definition) is 2. The normalized spacial score (nSPS) is 21.4. The lowest BCUT2D eigenvalue weighted by Gasteiger charge is -2.20. The molecule has 0 saturated carbocycles. The monoisotopic (exact) mass is 291 g/mol. The Labute approximate surface area is 122 Å². The van der Waals surface area contributed by atoms with Crippen molar-refractivity contribution in [1.29, 1.82) is 0 Å². The predicted molar refractivity (Wildman–Crippen MR) is 74.1 cm³/mol. The number of hydrogen-bond acceptors (Lipinski definition) is 5. The van der Waals surface area contributed by atoms with E-state index in [0.717, 1.165) is 5.56 Å². The maximum Gasteiger partial charge on any atom is 0.339 e. The summed E-state index contributed by atoms with van der Waals surface area (Å²) >= 11 is 0. The molecule has 3 N–H and O–H groups in total. The third kappa shape index (κ3) is 2.87. The summed E-state index contributed by atoms with van der Waals surface area (Å²) in [5, 5.41) is 3.17. The number of rotatable bonds is 4. The molecule has 0 aromatic heterocycles. The van der Waals surface area contributed by atoms with Crippen molar-refractivity contribution in [2.75, 3.05) is 7.11 Å². The van der Waals surface area contributed by atoms with Gasteiger partial charge < -0.3 is 10.1 Å². The Hall–Kier alpha value is -2.41. The fourth-order valence-corrected chi connectivity index (χ4v) is 2.20. The number of benzene rings is 1. The summed E-state index contributed by atoms with van der Waals surface area (Å²) < 4.78 is 4.62. The van der Waals surface area contributed by atoms with Gasteiger partial charge in [-0.1, -0.05) is 12.1 Å². The number of nitrogens with zero attached hydrogens (tertiary/aromatic N) is 1. The van der Waals surface area contributed by atoms with Crippen LogP contribution in [0.15, 0.2) is 24.3 Å². The number of nitrogens with two attached hydrogens (primary N) is 1. The number of urea groups is 1. The van der Waals surface area contributed by atoms with Crippen molar-refractivity contribution in [3.8, 4) is 0 Å². The van der Waals surface area contributed by atoms with Gasteiger partial charge in [0.15, 0.2) is 0 Å². The maximum absolute atomic E-state index is 11.9. The lowest BCUT2D eigenvalue weighted by atomic mass is 9.93. The van der Waals surface area contributed by atoms with Crippen molar-refractivity contribution >= 4 is 17.9 Å². The number of amides is 3. The standard InChI is InChI=1S/C14H17N3O4/c1-14(12(19)17(15)13(20)16-14)8-7-9-3-5-10(6-4-9)11(18)21-2/h3-6H,7-8,15H2,1-2H3,(H,16,20)/t14-/m1/s1. The molecule has 1 atom stereocenters. The molecule has 0 unspecified atom stereocenters. The molecule has 1 fully saturated rings. The largest absolute Gasteiger partial charge is 0.465 e. The van der Waals surface area contributed by atoms with Crippen LogP contribution in [0.3, 0.4) is 0 Å². The van der Waals surface area contributed by atoms with Crippen molar-refractivity contribution in [1.82, 2.24) is 10.3 Å². The van der Waals surface area contributed by atoms with Gasteiger partial charge in [-0.3, -0.25) is 4.79 Å². The van der Waals surface area contributed by atoms with Crippen LogP contribution in [0.5, 0.6) is 0 Å². The van der Waals surface area contributed by atoms with Gasteiger partial charge in [0.1, 0.15) is 5.54 Å². The van der Waals surface area contributed by atoms with E-state index in [1.807, 2.05) is 0 Å². The smallest absolute Gasteiger partial charge is 0.339 e. The number of ether oxygens (including phenoxy) is 1. The van der Waals surface area contributed by atoms with Gasteiger partial charge in [-0.25, -0.2) is 15.4 Å². The lowest BCUT2D eigenvalue weighted by Crippen LogP contribution is -2.45. The Morgan fingerprint density at radius 1 is 1.33 bits per heavy atom. The molecule has 0 spiro atoms. The van der Waals surface area contributed by atoms with E-state index in [9.17, 15) is 14.4 Å². The fourth-order valence-electron chi connectivity index (χ4n) is 2.20. The van der Waals surface area contributed by atoms with Gasteiger partial charge in [0.25, 0.3) is 5.91 Å². The first-order valence-electron chi connectivity index (χ1n) is 6.46. The minimum atomic E-state index is -0.993. The summed E-state index contributed by atoms with van der Waals surface area (Å²) in [6.45, 7) is 1.64. The quantitative estimate of drug-likeness (QED) is 0.366. The zero-order valence-corrected chi connectivity index (χ0v) is 11.9. The zero-order chi connectivity index (χ0) is 15.6. The third-order valence-electron chi connectivity index (χ3n) is 3.58. The molecule has 0 radical (unpaired) electrons. The molecule has 0 aliphatic carbocycles. The number of hydrazine groups is 1. The van der Waals surface area contributed by atoms with E-state index in [1.54, 1.807) is 31.2 Å². The molecule has 7 heteroatoms. The van der Waals surface area contributed by atoms with E-state index in [0.29, 0.717) is 23.4 Å². The summed E-state index contributed by atoms with van der Waals surface area (Å²) in [6.07, 6.45) is 0.987. The third-order valence-corrected chi connectivity index (χ3v) is 3.58. The molecule has 0 bridgehead atoms. The van der Waals surface area contributed by atoms with E-state index >= 15 is 0 Å². The van der Waals surface area contributed by atoms with Crippen molar-refractivity contribution < 1.29 is 19.1 Å². The van der Waals surface area contributed by atoms with E-state index < -0.39 is 23.4 Å². The number of esters is 1. The zero-order valence-electron chi connectivity index (χ0n) is 11.9. The van der Waals surface area contributed by atoms with Crippen molar-refractivity contribution in [2.45, 2.75) is 25.3 Å². The minimum Gasteiger partial charge on any atom is -0.465 e. The first-order valence-corrected chi connectivity index (χ1v) is 6.46. The molecule has 1 saturated heterocycles. The molecular weight excluding hydrogens is 274 g/mol. The summed E-state index contributed by atoms with van der Waals surface area (Å²) in [5.41, 5.74) is 0.416. The second-order valence-corrected chi connectivity index (χ2v) is 5.13. The number of nitrogens with one attached hydrogen (secondary N) is 1. The van der Waals surface area contributed by atoms with Crippen LogP contribution in [0.1, 0.15) is 29.3 Å². The number of carbonyl (C=O) groups excluding carboxylic acids is 3. The molecular formula is C14H17N3O4. The average Bonchev–Trinajstić information content (AvgIpc) is 2.69. The Morgan fingerprint density at radius 3 is 2.43 bits per heavy atom. The Balaban J connectivity index is 2.02. The van der Waals surface area contributed by atoms with E-state index in [-0.39, 0.29) is 0 Å². The van der Waals surface area contributed by atoms with Crippen LogP contribution in [0.2, 0.25) is 0 Å². The fraction of sp³-hybridized carbons (Fsp3) is 0.357. The van der Waals surface area contributed by atoms with Crippen LogP contribution in [0, 0.1) is 0 Å². The van der Waals surface area contributed by atoms with Crippen LogP contribution in [-0.2, 0) is 16.0 Å². The predicted octanol–water partition coefficient (Wildman–Crippen LogP) is 0.590. The molecule has 1 aromatic rings. The second kappa shape index (κ2) is 5.53. The molecule has 2 rings (SSSR count). The SMILES string of the molecule is COC(=O)c1ccc(CC[C@@]2(C)NC(=O)N(N)C2=O)cc1.